The van der Waals surface area contributed by atoms with Crippen molar-refractivity contribution in [3.05, 3.63) is 48.6 Å². The van der Waals surface area contributed by atoms with E-state index in [9.17, 15) is 9.59 Å². The van der Waals surface area contributed by atoms with Crippen LogP contribution in [0.15, 0.2) is 47.3 Å². The second kappa shape index (κ2) is 6.32. The standard InChI is InChI=1S/C15H13N5O4/c1-9(20-11(14(22)23)5-7-17-20)13(21)19-15-16-6-4-10(18-15)12-3-2-8-24-12/h2-9H,1H3,(H,22,23)(H,16,18,19,21). The highest BCUT2D eigenvalue weighted by atomic mass is 16.4. The summed E-state index contributed by atoms with van der Waals surface area (Å²) in [6, 6.07) is 5.58. The highest BCUT2D eigenvalue weighted by molar-refractivity contribution is 5.93. The second-order valence-corrected chi connectivity index (χ2v) is 4.87. The maximum atomic E-state index is 12.3. The van der Waals surface area contributed by atoms with E-state index in [1.807, 2.05) is 0 Å². The van der Waals surface area contributed by atoms with Gasteiger partial charge < -0.3 is 9.52 Å². The first kappa shape index (κ1) is 15.4. The average molecular weight is 327 g/mol. The van der Waals surface area contributed by atoms with Crippen molar-refractivity contribution in [2.24, 2.45) is 0 Å². The molecule has 0 radical (unpaired) electrons. The number of nitrogens with one attached hydrogen (secondary N) is 1. The molecule has 9 heteroatoms. The number of anilines is 1. The molecule has 0 saturated heterocycles. The largest absolute Gasteiger partial charge is 0.477 e. The molecule has 0 aliphatic rings. The van der Waals surface area contributed by atoms with Crippen LogP contribution in [0.25, 0.3) is 11.5 Å². The van der Waals surface area contributed by atoms with Gasteiger partial charge in [-0.2, -0.15) is 5.10 Å². The Balaban J connectivity index is 1.78. The Hall–Kier alpha value is -3.49. The number of carbonyl (C=O) groups is 2. The lowest BCUT2D eigenvalue weighted by Gasteiger charge is -2.13. The Morgan fingerprint density at radius 1 is 1.29 bits per heavy atom. The van der Waals surface area contributed by atoms with Gasteiger partial charge >= 0.3 is 5.97 Å². The Labute approximate surface area is 136 Å². The van der Waals surface area contributed by atoms with Gasteiger partial charge in [0.1, 0.15) is 17.4 Å². The van der Waals surface area contributed by atoms with Gasteiger partial charge in [-0.25, -0.2) is 19.4 Å². The molecule has 0 aromatic carbocycles. The van der Waals surface area contributed by atoms with Crippen LogP contribution in [-0.4, -0.2) is 36.7 Å². The van der Waals surface area contributed by atoms with E-state index >= 15 is 0 Å². The molecule has 122 valence electrons. The smallest absolute Gasteiger partial charge is 0.354 e. The molecule has 3 heterocycles. The van der Waals surface area contributed by atoms with Crippen LogP contribution in [0.4, 0.5) is 5.95 Å². The molecule has 0 fully saturated rings. The molecular formula is C15H13N5O4. The van der Waals surface area contributed by atoms with Gasteiger partial charge in [-0.05, 0) is 31.2 Å². The number of furan rings is 1. The Bertz CT molecular complexity index is 872. The minimum Gasteiger partial charge on any atom is -0.477 e. The van der Waals surface area contributed by atoms with Crippen LogP contribution in [0.2, 0.25) is 0 Å². The van der Waals surface area contributed by atoms with Crippen molar-refractivity contribution in [3.8, 4) is 11.5 Å². The maximum Gasteiger partial charge on any atom is 0.354 e. The normalized spacial score (nSPS) is 11.9. The lowest BCUT2D eigenvalue weighted by Crippen LogP contribution is -2.27. The van der Waals surface area contributed by atoms with E-state index in [1.54, 1.807) is 18.2 Å². The number of aromatic carboxylic acids is 1. The minimum atomic E-state index is -1.16. The summed E-state index contributed by atoms with van der Waals surface area (Å²) in [6.07, 6.45) is 4.33. The van der Waals surface area contributed by atoms with Crippen LogP contribution < -0.4 is 5.32 Å². The van der Waals surface area contributed by atoms with E-state index in [-0.39, 0.29) is 11.6 Å². The number of carboxylic acids is 1. The fourth-order valence-corrected chi connectivity index (χ4v) is 2.10. The molecule has 9 nitrogen and oxygen atoms in total. The number of hydrogen-bond acceptors (Lipinski definition) is 6. The number of carboxylic acid groups (broad SMARTS) is 1. The third-order valence-corrected chi connectivity index (χ3v) is 3.30. The summed E-state index contributed by atoms with van der Waals surface area (Å²) < 4.78 is 6.36. The first-order valence-electron chi connectivity index (χ1n) is 7.01. The average Bonchev–Trinajstić information content (AvgIpc) is 3.25. The Kier molecular flexibility index (Phi) is 4.06. The lowest BCUT2D eigenvalue weighted by atomic mass is 10.3. The highest BCUT2D eigenvalue weighted by Crippen LogP contribution is 2.18. The van der Waals surface area contributed by atoms with E-state index in [2.05, 4.69) is 20.4 Å². The SMILES string of the molecule is CC(C(=O)Nc1nccc(-c2ccco2)n1)n1nccc1C(=O)O. The van der Waals surface area contributed by atoms with Crippen LogP contribution in [-0.2, 0) is 4.79 Å². The van der Waals surface area contributed by atoms with Crippen molar-refractivity contribution in [1.82, 2.24) is 19.7 Å². The molecular weight excluding hydrogens is 314 g/mol. The Morgan fingerprint density at radius 3 is 2.83 bits per heavy atom. The van der Waals surface area contributed by atoms with Gasteiger partial charge in [0.2, 0.25) is 5.95 Å². The predicted molar refractivity (Wildman–Crippen MR) is 82.3 cm³/mol. The van der Waals surface area contributed by atoms with Crippen LogP contribution >= 0.6 is 0 Å². The van der Waals surface area contributed by atoms with E-state index in [0.717, 1.165) is 4.68 Å². The van der Waals surface area contributed by atoms with Crippen molar-refractivity contribution < 1.29 is 19.1 Å². The number of amides is 1. The van der Waals surface area contributed by atoms with E-state index in [1.165, 1.54) is 31.6 Å². The number of aromatic nitrogens is 4. The molecule has 1 amide bonds. The summed E-state index contributed by atoms with van der Waals surface area (Å²) in [5.74, 6) is -1.02. The summed E-state index contributed by atoms with van der Waals surface area (Å²) in [6.45, 7) is 1.53. The zero-order chi connectivity index (χ0) is 17.1. The van der Waals surface area contributed by atoms with Crippen molar-refractivity contribution in [2.45, 2.75) is 13.0 Å². The van der Waals surface area contributed by atoms with Gasteiger partial charge in [0.05, 0.1) is 6.26 Å². The molecule has 0 bridgehead atoms. The molecule has 0 aliphatic heterocycles. The van der Waals surface area contributed by atoms with Gasteiger partial charge in [-0.15, -0.1) is 0 Å². The number of rotatable bonds is 5. The predicted octanol–water partition coefficient (Wildman–Crippen LogP) is 1.83. The van der Waals surface area contributed by atoms with Crippen LogP contribution in [0.3, 0.4) is 0 Å². The quantitative estimate of drug-likeness (QED) is 0.732. The van der Waals surface area contributed by atoms with Gasteiger partial charge in [-0.3, -0.25) is 10.1 Å². The topological polar surface area (TPSA) is 123 Å². The molecule has 1 atom stereocenters. The van der Waals surface area contributed by atoms with E-state index < -0.39 is 17.9 Å². The third kappa shape index (κ3) is 3.00. The molecule has 3 aromatic heterocycles. The van der Waals surface area contributed by atoms with Crippen LogP contribution in [0, 0.1) is 0 Å². The minimum absolute atomic E-state index is 0.0806. The number of hydrogen-bond donors (Lipinski definition) is 2. The fraction of sp³-hybridized carbons (Fsp3) is 0.133. The zero-order valence-corrected chi connectivity index (χ0v) is 12.6. The summed E-state index contributed by atoms with van der Waals surface area (Å²) in [5.41, 5.74) is 0.436. The first-order chi connectivity index (χ1) is 11.6. The molecule has 0 spiro atoms. The van der Waals surface area contributed by atoms with E-state index in [0.29, 0.717) is 11.5 Å². The third-order valence-electron chi connectivity index (χ3n) is 3.30. The molecule has 0 aliphatic carbocycles. The number of carbonyl (C=O) groups excluding carboxylic acids is 1. The maximum absolute atomic E-state index is 12.3. The monoisotopic (exact) mass is 327 g/mol. The summed E-state index contributed by atoms with van der Waals surface area (Å²) in [4.78, 5) is 31.6. The highest BCUT2D eigenvalue weighted by Gasteiger charge is 2.22. The number of nitrogens with zero attached hydrogens (tertiary/aromatic N) is 4. The molecule has 1 unspecified atom stereocenters. The van der Waals surface area contributed by atoms with Crippen molar-refractivity contribution in [3.63, 3.8) is 0 Å². The van der Waals surface area contributed by atoms with Crippen molar-refractivity contribution in [2.75, 3.05) is 5.32 Å². The molecule has 2 N–H and O–H groups in total. The lowest BCUT2D eigenvalue weighted by molar-refractivity contribution is -0.119. The second-order valence-electron chi connectivity index (χ2n) is 4.87. The molecule has 24 heavy (non-hydrogen) atoms. The zero-order valence-electron chi connectivity index (χ0n) is 12.6. The summed E-state index contributed by atoms with van der Waals surface area (Å²) in [5, 5.41) is 15.5. The fourth-order valence-electron chi connectivity index (χ4n) is 2.10. The van der Waals surface area contributed by atoms with Gasteiger partial charge in [0.15, 0.2) is 5.76 Å². The van der Waals surface area contributed by atoms with Crippen LogP contribution in [0.5, 0.6) is 0 Å². The first-order valence-corrected chi connectivity index (χ1v) is 7.01. The van der Waals surface area contributed by atoms with Gasteiger partial charge in [0, 0.05) is 12.4 Å². The molecule has 3 aromatic rings. The van der Waals surface area contributed by atoms with Crippen molar-refractivity contribution in [1.29, 1.82) is 0 Å². The van der Waals surface area contributed by atoms with E-state index in [4.69, 9.17) is 9.52 Å². The van der Waals surface area contributed by atoms with Gasteiger partial charge in [-0.1, -0.05) is 0 Å². The van der Waals surface area contributed by atoms with Crippen molar-refractivity contribution >= 4 is 17.8 Å². The summed E-state index contributed by atoms with van der Waals surface area (Å²) in [7, 11) is 0. The molecule has 3 rings (SSSR count). The summed E-state index contributed by atoms with van der Waals surface area (Å²) >= 11 is 0. The molecule has 0 saturated carbocycles. The van der Waals surface area contributed by atoms with Gasteiger partial charge in [0.25, 0.3) is 5.91 Å². The Morgan fingerprint density at radius 2 is 2.12 bits per heavy atom. The van der Waals surface area contributed by atoms with Crippen LogP contribution in [0.1, 0.15) is 23.5 Å².